The van der Waals surface area contributed by atoms with Crippen molar-refractivity contribution in [3.05, 3.63) is 106 Å². The van der Waals surface area contributed by atoms with E-state index in [-0.39, 0.29) is 9.92 Å². The fourth-order valence-electron chi connectivity index (χ4n) is 3.71. The molecule has 5 nitrogen and oxygen atoms in total. The quantitative estimate of drug-likeness (QED) is 0.277. The standard InChI is InChI=1S/C25H21ClF3N3O2S2/c1-25(2,16-4-10-21(28)22(29)11-16)23-13-31-24(32(23)18-7-5-17(27)6-8-18)35-14-15-3-9-19(12-20(15)26)36(30,33)34/h3-13H,14H2,1-2H3,(H2,30,33,34). The van der Waals surface area contributed by atoms with Crippen LogP contribution in [-0.2, 0) is 21.2 Å². The summed E-state index contributed by atoms with van der Waals surface area (Å²) in [6, 6.07) is 13.8. The van der Waals surface area contributed by atoms with Gasteiger partial charge in [-0.2, -0.15) is 0 Å². The van der Waals surface area contributed by atoms with Gasteiger partial charge in [0.2, 0.25) is 10.0 Å². The molecule has 0 saturated carbocycles. The first-order chi connectivity index (χ1) is 16.9. The highest BCUT2D eigenvalue weighted by atomic mass is 35.5. The number of benzene rings is 3. The van der Waals surface area contributed by atoms with Crippen molar-refractivity contribution in [1.82, 2.24) is 9.55 Å². The van der Waals surface area contributed by atoms with Gasteiger partial charge in [-0.05, 0) is 59.7 Å². The first-order valence-electron chi connectivity index (χ1n) is 10.6. The lowest BCUT2D eigenvalue weighted by Crippen LogP contribution is -2.23. The zero-order chi connectivity index (χ0) is 26.3. The highest BCUT2D eigenvalue weighted by molar-refractivity contribution is 7.98. The van der Waals surface area contributed by atoms with Crippen molar-refractivity contribution >= 4 is 33.4 Å². The molecule has 0 atom stereocenters. The number of thioether (sulfide) groups is 1. The predicted octanol–water partition coefficient (Wildman–Crippen LogP) is 6.21. The highest BCUT2D eigenvalue weighted by Gasteiger charge is 2.30. The van der Waals surface area contributed by atoms with E-state index in [0.717, 1.165) is 12.1 Å². The van der Waals surface area contributed by atoms with Gasteiger partial charge < -0.3 is 0 Å². The van der Waals surface area contributed by atoms with Crippen LogP contribution in [0.4, 0.5) is 13.2 Å². The van der Waals surface area contributed by atoms with Crippen LogP contribution in [0.5, 0.6) is 0 Å². The molecule has 2 N–H and O–H groups in total. The molecule has 0 aliphatic rings. The lowest BCUT2D eigenvalue weighted by Gasteiger charge is -2.27. The second-order valence-electron chi connectivity index (χ2n) is 8.58. The summed E-state index contributed by atoms with van der Waals surface area (Å²) in [6.45, 7) is 3.71. The average Bonchev–Trinajstić information content (AvgIpc) is 3.24. The SMILES string of the molecule is CC(C)(c1ccc(F)c(F)c1)c1cnc(SCc2ccc(S(N)(=O)=O)cc2Cl)n1-c1ccc(F)cc1. The topological polar surface area (TPSA) is 78.0 Å². The van der Waals surface area contributed by atoms with Gasteiger partial charge in [-0.15, -0.1) is 0 Å². The number of nitrogens with two attached hydrogens (primary N) is 1. The molecular formula is C25H21ClF3N3O2S2. The summed E-state index contributed by atoms with van der Waals surface area (Å²) >= 11 is 7.62. The Hall–Kier alpha value is -2.79. The van der Waals surface area contributed by atoms with E-state index >= 15 is 0 Å². The highest BCUT2D eigenvalue weighted by Crippen LogP contribution is 2.37. The van der Waals surface area contributed by atoms with Crippen molar-refractivity contribution < 1.29 is 21.6 Å². The molecule has 0 aliphatic heterocycles. The molecule has 0 fully saturated rings. The van der Waals surface area contributed by atoms with E-state index in [1.807, 2.05) is 18.4 Å². The maximum atomic E-state index is 14.0. The summed E-state index contributed by atoms with van der Waals surface area (Å²) in [7, 11) is -3.89. The first-order valence-corrected chi connectivity index (χ1v) is 13.5. The fraction of sp³-hybridized carbons (Fsp3) is 0.160. The third kappa shape index (κ3) is 5.31. The van der Waals surface area contributed by atoms with Crippen molar-refractivity contribution in [2.45, 2.75) is 35.1 Å². The Bertz CT molecular complexity index is 1540. The van der Waals surface area contributed by atoms with Gasteiger partial charge in [-0.3, -0.25) is 4.57 Å². The maximum absolute atomic E-state index is 14.0. The number of sulfonamides is 1. The third-order valence-corrected chi connectivity index (χ3v) is 8.07. The van der Waals surface area contributed by atoms with Gasteiger partial charge in [-0.25, -0.2) is 31.7 Å². The minimum Gasteiger partial charge on any atom is -0.291 e. The fourth-order valence-corrected chi connectivity index (χ4v) is 5.64. The Morgan fingerprint density at radius 2 is 1.69 bits per heavy atom. The van der Waals surface area contributed by atoms with E-state index in [1.54, 1.807) is 24.4 Å². The molecule has 0 unspecified atom stereocenters. The van der Waals surface area contributed by atoms with E-state index in [9.17, 15) is 21.6 Å². The van der Waals surface area contributed by atoms with Crippen LogP contribution in [0.1, 0.15) is 30.7 Å². The van der Waals surface area contributed by atoms with Gasteiger partial charge in [0.25, 0.3) is 0 Å². The average molecular weight is 552 g/mol. The van der Waals surface area contributed by atoms with E-state index in [0.29, 0.717) is 33.4 Å². The number of hydrogen-bond acceptors (Lipinski definition) is 4. The van der Waals surface area contributed by atoms with Crippen LogP contribution in [0.15, 0.2) is 76.9 Å². The van der Waals surface area contributed by atoms with Crippen molar-refractivity contribution in [3.8, 4) is 5.69 Å². The molecule has 0 bridgehead atoms. The number of aromatic nitrogens is 2. The lowest BCUT2D eigenvalue weighted by molar-refractivity contribution is 0.500. The summed E-state index contributed by atoms with van der Waals surface area (Å²) in [5.41, 5.74) is 1.67. The Morgan fingerprint density at radius 3 is 2.31 bits per heavy atom. The van der Waals surface area contributed by atoms with Gasteiger partial charge in [0.1, 0.15) is 5.82 Å². The van der Waals surface area contributed by atoms with Crippen LogP contribution in [-0.4, -0.2) is 18.0 Å². The Morgan fingerprint density at radius 1 is 1.00 bits per heavy atom. The molecular weight excluding hydrogens is 531 g/mol. The van der Waals surface area contributed by atoms with Crippen LogP contribution >= 0.6 is 23.4 Å². The van der Waals surface area contributed by atoms with Gasteiger partial charge >= 0.3 is 0 Å². The van der Waals surface area contributed by atoms with Crippen LogP contribution in [0.25, 0.3) is 5.69 Å². The van der Waals surface area contributed by atoms with E-state index < -0.39 is 32.9 Å². The largest absolute Gasteiger partial charge is 0.291 e. The van der Waals surface area contributed by atoms with Crippen LogP contribution in [0.2, 0.25) is 5.02 Å². The molecule has 1 aromatic heterocycles. The van der Waals surface area contributed by atoms with Crippen molar-refractivity contribution in [2.75, 3.05) is 0 Å². The Kier molecular flexibility index (Phi) is 7.25. The summed E-state index contributed by atoms with van der Waals surface area (Å²) < 4.78 is 66.3. The molecule has 0 spiro atoms. The second kappa shape index (κ2) is 9.93. The van der Waals surface area contributed by atoms with E-state index in [2.05, 4.69) is 4.98 Å². The van der Waals surface area contributed by atoms with Crippen LogP contribution in [0, 0.1) is 17.5 Å². The first kappa shape index (κ1) is 26.3. The summed E-state index contributed by atoms with van der Waals surface area (Å²) in [6.07, 6.45) is 1.64. The minimum absolute atomic E-state index is 0.0929. The number of halogens is 4. The van der Waals surface area contributed by atoms with Gasteiger partial charge in [0, 0.05) is 21.9 Å². The van der Waals surface area contributed by atoms with Crippen LogP contribution in [0.3, 0.4) is 0 Å². The van der Waals surface area contributed by atoms with Gasteiger partial charge in [0.15, 0.2) is 16.8 Å². The normalized spacial score (nSPS) is 12.2. The smallest absolute Gasteiger partial charge is 0.238 e. The number of imidazole rings is 1. The Labute approximate surface area is 216 Å². The molecule has 4 rings (SSSR count). The molecule has 0 amide bonds. The molecule has 0 aliphatic carbocycles. The van der Waals surface area contributed by atoms with E-state index in [4.69, 9.17) is 16.7 Å². The number of hydrogen-bond donors (Lipinski definition) is 1. The van der Waals surface area contributed by atoms with Gasteiger partial charge in [-0.1, -0.05) is 49.3 Å². The second-order valence-corrected chi connectivity index (χ2v) is 11.5. The van der Waals surface area contributed by atoms with E-state index in [1.165, 1.54) is 42.1 Å². The zero-order valence-electron chi connectivity index (χ0n) is 19.2. The van der Waals surface area contributed by atoms with Crippen molar-refractivity contribution in [1.29, 1.82) is 0 Å². The van der Waals surface area contributed by atoms with Crippen molar-refractivity contribution in [2.24, 2.45) is 5.14 Å². The minimum atomic E-state index is -3.89. The molecule has 36 heavy (non-hydrogen) atoms. The summed E-state index contributed by atoms with van der Waals surface area (Å²) in [4.78, 5) is 4.46. The predicted molar refractivity (Wildman–Crippen MR) is 134 cm³/mol. The number of nitrogens with zero attached hydrogens (tertiary/aromatic N) is 2. The number of primary sulfonamides is 1. The van der Waals surface area contributed by atoms with Gasteiger partial charge in [0.05, 0.1) is 16.8 Å². The lowest BCUT2D eigenvalue weighted by atomic mass is 9.81. The molecule has 0 radical (unpaired) electrons. The molecule has 3 aromatic carbocycles. The third-order valence-electron chi connectivity index (χ3n) is 5.81. The Balaban J connectivity index is 1.75. The van der Waals surface area contributed by atoms with Crippen molar-refractivity contribution in [3.63, 3.8) is 0 Å². The number of rotatable bonds is 7. The monoisotopic (exact) mass is 551 g/mol. The molecule has 0 saturated heterocycles. The maximum Gasteiger partial charge on any atom is 0.238 e. The zero-order valence-corrected chi connectivity index (χ0v) is 21.6. The molecule has 11 heteroatoms. The molecule has 1 heterocycles. The molecule has 4 aromatic rings. The summed E-state index contributed by atoms with van der Waals surface area (Å²) in [5.74, 6) is -1.97. The summed E-state index contributed by atoms with van der Waals surface area (Å²) in [5, 5.41) is 5.94. The molecule has 188 valence electrons. The van der Waals surface area contributed by atoms with Crippen LogP contribution < -0.4 is 5.14 Å².